The molecular weight excluding hydrogens is 456 g/mol. The van der Waals surface area contributed by atoms with E-state index in [-0.39, 0.29) is 30.3 Å². The van der Waals surface area contributed by atoms with Crippen molar-refractivity contribution in [3.8, 4) is 5.75 Å². The summed E-state index contributed by atoms with van der Waals surface area (Å²) < 4.78 is 5.68. The summed E-state index contributed by atoms with van der Waals surface area (Å²) in [6, 6.07) is 14.6. The fourth-order valence-corrected chi connectivity index (χ4v) is 5.16. The third-order valence-electron chi connectivity index (χ3n) is 7.24. The van der Waals surface area contributed by atoms with Crippen molar-refractivity contribution in [3.63, 3.8) is 0 Å². The SMILES string of the molecule is CC(C)CCC1(C2CCN(C(=O)CCOc3ccccc3)CC2)NC(=O)N(Cc2ccccn2)C1=O. The van der Waals surface area contributed by atoms with Gasteiger partial charge >= 0.3 is 6.03 Å². The van der Waals surface area contributed by atoms with Crippen LogP contribution in [0.4, 0.5) is 4.79 Å². The minimum absolute atomic E-state index is 0.0222. The molecule has 8 nitrogen and oxygen atoms in total. The predicted octanol–water partition coefficient (Wildman–Crippen LogP) is 4.02. The van der Waals surface area contributed by atoms with Crippen molar-refractivity contribution in [2.24, 2.45) is 11.8 Å². The van der Waals surface area contributed by atoms with Gasteiger partial charge in [0.15, 0.2) is 0 Å². The summed E-state index contributed by atoms with van der Waals surface area (Å²) in [5.41, 5.74) is -0.249. The van der Waals surface area contributed by atoms with Crippen LogP contribution >= 0.6 is 0 Å². The number of urea groups is 1. The van der Waals surface area contributed by atoms with Crippen LogP contribution in [0.5, 0.6) is 5.75 Å². The number of hydrogen-bond donors (Lipinski definition) is 1. The van der Waals surface area contributed by atoms with Gasteiger partial charge < -0.3 is 15.0 Å². The van der Waals surface area contributed by atoms with Crippen molar-refractivity contribution in [1.82, 2.24) is 20.1 Å². The van der Waals surface area contributed by atoms with Crippen molar-refractivity contribution in [1.29, 1.82) is 0 Å². The van der Waals surface area contributed by atoms with E-state index in [9.17, 15) is 14.4 Å². The number of carbonyl (C=O) groups excluding carboxylic acids is 3. The molecule has 0 saturated carbocycles. The Bertz CT molecular complexity index is 1040. The van der Waals surface area contributed by atoms with Gasteiger partial charge in [0, 0.05) is 19.3 Å². The molecule has 4 rings (SSSR count). The Kier molecular flexibility index (Phi) is 8.23. The average molecular weight is 493 g/mol. The van der Waals surface area contributed by atoms with Gasteiger partial charge in [0.2, 0.25) is 5.91 Å². The highest BCUT2D eigenvalue weighted by atomic mass is 16.5. The van der Waals surface area contributed by atoms with E-state index >= 15 is 0 Å². The number of carbonyl (C=O) groups is 3. The summed E-state index contributed by atoms with van der Waals surface area (Å²) in [6.07, 6.45) is 4.75. The van der Waals surface area contributed by atoms with Gasteiger partial charge in [-0.3, -0.25) is 19.5 Å². The highest BCUT2D eigenvalue weighted by molar-refractivity contribution is 6.07. The molecule has 2 aromatic rings. The molecule has 0 aliphatic carbocycles. The molecule has 36 heavy (non-hydrogen) atoms. The van der Waals surface area contributed by atoms with Crippen molar-refractivity contribution >= 4 is 17.8 Å². The van der Waals surface area contributed by atoms with Gasteiger partial charge in [-0.15, -0.1) is 0 Å². The van der Waals surface area contributed by atoms with E-state index in [2.05, 4.69) is 24.1 Å². The van der Waals surface area contributed by atoms with Crippen LogP contribution in [0.25, 0.3) is 0 Å². The van der Waals surface area contributed by atoms with Crippen LogP contribution in [0, 0.1) is 11.8 Å². The third-order valence-corrected chi connectivity index (χ3v) is 7.24. The van der Waals surface area contributed by atoms with Crippen LogP contribution in [0.3, 0.4) is 0 Å². The van der Waals surface area contributed by atoms with Gasteiger partial charge in [0.1, 0.15) is 11.3 Å². The fraction of sp³-hybridized carbons (Fsp3) is 0.500. The molecule has 1 N–H and O–H groups in total. The number of amides is 4. The largest absolute Gasteiger partial charge is 0.493 e. The Morgan fingerprint density at radius 1 is 1.11 bits per heavy atom. The van der Waals surface area contributed by atoms with E-state index in [1.165, 1.54) is 4.90 Å². The summed E-state index contributed by atoms with van der Waals surface area (Å²) in [5.74, 6) is 1.02. The summed E-state index contributed by atoms with van der Waals surface area (Å²) in [7, 11) is 0. The second-order valence-electron chi connectivity index (χ2n) is 10.1. The zero-order valence-electron chi connectivity index (χ0n) is 21.2. The van der Waals surface area contributed by atoms with Gasteiger partial charge in [-0.1, -0.05) is 38.1 Å². The highest BCUT2D eigenvalue weighted by Crippen LogP contribution is 2.38. The third kappa shape index (κ3) is 5.86. The number of hydrogen-bond acceptors (Lipinski definition) is 5. The molecule has 2 aliphatic heterocycles. The molecule has 0 spiro atoms. The number of nitrogens with zero attached hydrogens (tertiary/aromatic N) is 3. The van der Waals surface area contributed by atoms with E-state index in [0.717, 1.165) is 12.2 Å². The maximum atomic E-state index is 13.8. The lowest BCUT2D eigenvalue weighted by Crippen LogP contribution is -2.56. The Hall–Kier alpha value is -3.42. The van der Waals surface area contributed by atoms with Crippen LogP contribution in [-0.4, -0.2) is 57.9 Å². The first-order valence-corrected chi connectivity index (χ1v) is 12.9. The van der Waals surface area contributed by atoms with Gasteiger partial charge in [0.25, 0.3) is 5.91 Å². The van der Waals surface area contributed by atoms with E-state index in [1.807, 2.05) is 53.4 Å². The smallest absolute Gasteiger partial charge is 0.325 e. The lowest BCUT2D eigenvalue weighted by atomic mass is 9.73. The monoisotopic (exact) mass is 492 g/mol. The quantitative estimate of drug-likeness (QED) is 0.506. The van der Waals surface area contributed by atoms with E-state index in [0.29, 0.717) is 57.0 Å². The summed E-state index contributed by atoms with van der Waals surface area (Å²) in [6.45, 7) is 5.88. The lowest BCUT2D eigenvalue weighted by Gasteiger charge is -2.41. The molecular formula is C28H36N4O4. The highest BCUT2D eigenvalue weighted by Gasteiger charge is 2.55. The number of imide groups is 1. The zero-order valence-corrected chi connectivity index (χ0v) is 21.2. The Morgan fingerprint density at radius 3 is 2.50 bits per heavy atom. The molecule has 1 aromatic heterocycles. The topological polar surface area (TPSA) is 91.8 Å². The molecule has 192 valence electrons. The average Bonchev–Trinajstić information content (AvgIpc) is 3.14. The lowest BCUT2D eigenvalue weighted by molar-refractivity contribution is -0.137. The summed E-state index contributed by atoms with van der Waals surface area (Å²) in [5, 5.41) is 3.10. The van der Waals surface area contributed by atoms with E-state index < -0.39 is 5.54 Å². The predicted molar refractivity (Wildman–Crippen MR) is 136 cm³/mol. The maximum Gasteiger partial charge on any atom is 0.325 e. The van der Waals surface area contributed by atoms with Crippen molar-refractivity contribution in [2.45, 2.75) is 58.0 Å². The van der Waals surface area contributed by atoms with Gasteiger partial charge in [-0.05, 0) is 61.8 Å². The van der Waals surface area contributed by atoms with Crippen LogP contribution in [0.1, 0.15) is 51.6 Å². The fourth-order valence-electron chi connectivity index (χ4n) is 5.16. The molecule has 0 radical (unpaired) electrons. The molecule has 1 atom stereocenters. The van der Waals surface area contributed by atoms with Crippen molar-refractivity contribution in [2.75, 3.05) is 19.7 Å². The number of aromatic nitrogens is 1. The minimum atomic E-state index is -0.929. The number of likely N-dealkylation sites (tertiary alicyclic amines) is 1. The number of rotatable bonds is 10. The number of para-hydroxylation sites is 1. The molecule has 0 bridgehead atoms. The first kappa shape index (κ1) is 25.7. The van der Waals surface area contributed by atoms with Gasteiger partial charge in [-0.2, -0.15) is 0 Å². The van der Waals surface area contributed by atoms with Gasteiger partial charge in [-0.25, -0.2) is 4.79 Å². The normalized spacial score (nSPS) is 20.6. The van der Waals surface area contributed by atoms with Gasteiger partial charge in [0.05, 0.1) is 25.3 Å². The van der Waals surface area contributed by atoms with E-state index in [1.54, 1.807) is 6.20 Å². The molecule has 2 saturated heterocycles. The number of nitrogens with one attached hydrogen (secondary N) is 1. The summed E-state index contributed by atoms with van der Waals surface area (Å²) in [4.78, 5) is 47.0. The Balaban J connectivity index is 1.38. The molecule has 2 fully saturated rings. The van der Waals surface area contributed by atoms with Crippen LogP contribution in [-0.2, 0) is 16.1 Å². The van der Waals surface area contributed by atoms with Crippen LogP contribution in [0.15, 0.2) is 54.7 Å². The van der Waals surface area contributed by atoms with Crippen LogP contribution in [0.2, 0.25) is 0 Å². The zero-order chi connectivity index (χ0) is 25.5. The molecule has 8 heteroatoms. The Morgan fingerprint density at radius 2 is 1.83 bits per heavy atom. The number of piperidine rings is 1. The molecule has 1 aromatic carbocycles. The van der Waals surface area contributed by atoms with Crippen molar-refractivity contribution in [3.05, 3.63) is 60.4 Å². The number of ether oxygens (including phenoxy) is 1. The standard InChI is InChI=1S/C28H36N4O4/c1-21(2)11-15-28(26(34)32(27(35)30-28)20-23-8-6-7-16-29-23)22-12-17-31(18-13-22)25(33)14-19-36-24-9-4-3-5-10-24/h3-10,16,21-22H,11-15,17-20H2,1-2H3,(H,30,35). The minimum Gasteiger partial charge on any atom is -0.493 e. The first-order chi connectivity index (χ1) is 17.4. The van der Waals surface area contributed by atoms with E-state index in [4.69, 9.17) is 4.74 Å². The number of benzene rings is 1. The Labute approximate surface area is 213 Å². The van der Waals surface area contributed by atoms with Crippen LogP contribution < -0.4 is 10.1 Å². The summed E-state index contributed by atoms with van der Waals surface area (Å²) >= 11 is 0. The number of pyridine rings is 1. The molecule has 2 aliphatic rings. The van der Waals surface area contributed by atoms with Crippen molar-refractivity contribution < 1.29 is 19.1 Å². The molecule has 3 heterocycles. The second-order valence-corrected chi connectivity index (χ2v) is 10.1. The second kappa shape index (κ2) is 11.5. The molecule has 4 amide bonds. The molecule has 1 unspecified atom stereocenters. The maximum absolute atomic E-state index is 13.8. The first-order valence-electron chi connectivity index (χ1n) is 12.9.